The number of allylic oxidation sites excluding steroid dienone is 1. The number of hydrogen-bond acceptors (Lipinski definition) is 6. The normalized spacial score (nSPS) is 22.2. The molecule has 1 aliphatic heterocycles. The van der Waals surface area contributed by atoms with Crippen LogP contribution in [0.5, 0.6) is 5.75 Å². The van der Waals surface area contributed by atoms with Crippen LogP contribution in [0.4, 0.5) is 0 Å². The van der Waals surface area contributed by atoms with Crippen molar-refractivity contribution in [3.8, 4) is 5.75 Å². The lowest BCUT2D eigenvalue weighted by molar-refractivity contribution is -0.166. The molecule has 1 aliphatic rings. The van der Waals surface area contributed by atoms with Crippen LogP contribution in [0.15, 0.2) is 45.1 Å². The Balaban J connectivity index is 2.14. The first-order chi connectivity index (χ1) is 11.7. The van der Waals surface area contributed by atoms with Crippen LogP contribution >= 0.6 is 0 Å². The van der Waals surface area contributed by atoms with Gasteiger partial charge in [0.15, 0.2) is 6.10 Å². The van der Waals surface area contributed by atoms with E-state index < -0.39 is 29.4 Å². The predicted molar refractivity (Wildman–Crippen MR) is 91.5 cm³/mol. The van der Waals surface area contributed by atoms with Crippen LogP contribution in [0.2, 0.25) is 0 Å². The first-order valence-electron chi connectivity index (χ1n) is 8.01. The molecular formula is C19H20O6. The summed E-state index contributed by atoms with van der Waals surface area (Å²) < 4.78 is 16.6. The van der Waals surface area contributed by atoms with E-state index in [-0.39, 0.29) is 0 Å². The first-order valence-corrected chi connectivity index (χ1v) is 8.01. The summed E-state index contributed by atoms with van der Waals surface area (Å²) in [6.07, 6.45) is -0.297. The summed E-state index contributed by atoms with van der Waals surface area (Å²) in [5, 5.41) is 11.3. The van der Waals surface area contributed by atoms with Crippen molar-refractivity contribution >= 4 is 16.9 Å². The molecule has 1 aromatic carbocycles. The molecule has 6 heteroatoms. The average Bonchev–Trinajstić information content (AvgIpc) is 2.56. The smallest absolute Gasteiger partial charge is 0.336 e. The Bertz CT molecular complexity index is 921. The minimum Gasteiger partial charge on any atom is -0.484 e. The van der Waals surface area contributed by atoms with Crippen LogP contribution < -0.4 is 10.4 Å². The average molecular weight is 344 g/mol. The van der Waals surface area contributed by atoms with E-state index in [1.165, 1.54) is 6.07 Å². The van der Waals surface area contributed by atoms with Crippen molar-refractivity contribution in [3.05, 3.63) is 51.9 Å². The van der Waals surface area contributed by atoms with E-state index in [4.69, 9.17) is 13.9 Å². The Kier molecular flexibility index (Phi) is 4.16. The summed E-state index contributed by atoms with van der Waals surface area (Å²) in [6.45, 7) is 6.80. The number of fused-ring (bicyclic) bond motifs is 2. The fourth-order valence-electron chi connectivity index (χ4n) is 2.76. The van der Waals surface area contributed by atoms with Crippen molar-refractivity contribution in [1.82, 2.24) is 0 Å². The van der Waals surface area contributed by atoms with Gasteiger partial charge in [-0.3, -0.25) is 0 Å². The molecule has 0 fully saturated rings. The maximum absolute atomic E-state index is 12.2. The van der Waals surface area contributed by atoms with Gasteiger partial charge < -0.3 is 19.0 Å². The summed E-state index contributed by atoms with van der Waals surface area (Å²) in [5.41, 5.74) is -0.0949. The van der Waals surface area contributed by atoms with Crippen molar-refractivity contribution in [1.29, 1.82) is 0 Å². The van der Waals surface area contributed by atoms with Crippen LogP contribution in [-0.2, 0) is 9.53 Å². The number of carbonyl (C=O) groups excluding carboxylic acids is 1. The Morgan fingerprint density at radius 3 is 2.72 bits per heavy atom. The Morgan fingerprint density at radius 1 is 1.32 bits per heavy atom. The molecule has 1 N–H and O–H groups in total. The molecule has 6 nitrogen and oxygen atoms in total. The van der Waals surface area contributed by atoms with Gasteiger partial charge in [-0.1, -0.05) is 6.08 Å². The molecule has 0 radical (unpaired) electrons. The molecule has 0 saturated carbocycles. The van der Waals surface area contributed by atoms with Gasteiger partial charge in [0.2, 0.25) is 0 Å². The van der Waals surface area contributed by atoms with Crippen molar-refractivity contribution in [3.63, 3.8) is 0 Å². The van der Waals surface area contributed by atoms with E-state index in [0.717, 1.165) is 0 Å². The maximum atomic E-state index is 12.2. The molecule has 2 heterocycles. The molecule has 1 aromatic heterocycles. The standard InChI is InChI=1S/C19H20O6/c1-5-10(2)18(22)24-16-12-8-11-6-7-15(20)23-13(11)9-14(12)25-19(3,4)17(16)21/h5-9,16-17,21H,1-4H3/t16-,17-/m1/s1. The second kappa shape index (κ2) is 6.04. The Morgan fingerprint density at radius 2 is 2.04 bits per heavy atom. The molecule has 25 heavy (non-hydrogen) atoms. The zero-order valence-corrected chi connectivity index (χ0v) is 14.5. The van der Waals surface area contributed by atoms with Crippen LogP contribution in [0.3, 0.4) is 0 Å². The molecule has 2 atom stereocenters. The van der Waals surface area contributed by atoms with Gasteiger partial charge in [0, 0.05) is 28.7 Å². The molecule has 0 unspecified atom stereocenters. The van der Waals surface area contributed by atoms with E-state index >= 15 is 0 Å². The van der Waals surface area contributed by atoms with Crippen molar-refractivity contribution in [2.45, 2.75) is 45.5 Å². The monoisotopic (exact) mass is 344 g/mol. The van der Waals surface area contributed by atoms with Gasteiger partial charge in [0.1, 0.15) is 23.0 Å². The highest BCUT2D eigenvalue weighted by molar-refractivity contribution is 5.88. The number of hydrogen-bond donors (Lipinski definition) is 1. The molecule has 2 aromatic rings. The summed E-state index contributed by atoms with van der Waals surface area (Å²) in [6, 6.07) is 6.21. The highest BCUT2D eigenvalue weighted by atomic mass is 16.6. The van der Waals surface area contributed by atoms with E-state index in [2.05, 4.69) is 0 Å². The Hall–Kier alpha value is -2.60. The third-order valence-corrected chi connectivity index (χ3v) is 4.42. The van der Waals surface area contributed by atoms with E-state index in [1.54, 1.807) is 52.0 Å². The SMILES string of the molecule is CC=C(C)C(=O)O[C@@H]1c2cc3ccc(=O)oc3cc2OC(C)(C)[C@@H]1O. The van der Waals surface area contributed by atoms with Gasteiger partial charge >= 0.3 is 11.6 Å². The van der Waals surface area contributed by atoms with Crippen molar-refractivity contribution in [2.24, 2.45) is 0 Å². The quantitative estimate of drug-likeness (QED) is 0.512. The van der Waals surface area contributed by atoms with Crippen molar-refractivity contribution in [2.75, 3.05) is 0 Å². The zero-order chi connectivity index (χ0) is 18.4. The fraction of sp³-hybridized carbons (Fsp3) is 0.368. The zero-order valence-electron chi connectivity index (χ0n) is 14.5. The lowest BCUT2D eigenvalue weighted by Crippen LogP contribution is -2.49. The summed E-state index contributed by atoms with van der Waals surface area (Å²) >= 11 is 0. The molecule has 0 spiro atoms. The third kappa shape index (κ3) is 3.05. The van der Waals surface area contributed by atoms with Gasteiger partial charge in [-0.25, -0.2) is 9.59 Å². The fourth-order valence-corrected chi connectivity index (χ4v) is 2.76. The highest BCUT2D eigenvalue weighted by Crippen LogP contribution is 2.43. The number of aliphatic hydroxyl groups excluding tert-OH is 1. The maximum Gasteiger partial charge on any atom is 0.336 e. The third-order valence-electron chi connectivity index (χ3n) is 4.42. The molecule has 0 amide bonds. The minimum atomic E-state index is -1.05. The number of rotatable bonds is 2. The summed E-state index contributed by atoms with van der Waals surface area (Å²) in [4.78, 5) is 23.6. The largest absolute Gasteiger partial charge is 0.484 e. The van der Waals surface area contributed by atoms with Crippen LogP contribution in [0.1, 0.15) is 39.4 Å². The van der Waals surface area contributed by atoms with E-state index in [0.29, 0.717) is 27.9 Å². The molecule has 0 saturated heterocycles. The number of benzene rings is 1. The number of aliphatic hydroxyl groups is 1. The lowest BCUT2D eigenvalue weighted by atomic mass is 9.87. The lowest BCUT2D eigenvalue weighted by Gasteiger charge is -2.41. The van der Waals surface area contributed by atoms with Gasteiger partial charge in [0.25, 0.3) is 0 Å². The second-order valence-electron chi connectivity index (χ2n) is 6.63. The highest BCUT2D eigenvalue weighted by Gasteiger charge is 2.45. The molecule has 3 rings (SSSR count). The van der Waals surface area contributed by atoms with Crippen LogP contribution in [0.25, 0.3) is 11.0 Å². The summed E-state index contributed by atoms with van der Waals surface area (Å²) in [5.74, 6) is -0.0945. The number of esters is 1. The molecule has 132 valence electrons. The van der Waals surface area contributed by atoms with Gasteiger partial charge in [-0.2, -0.15) is 0 Å². The first kappa shape index (κ1) is 17.2. The molecular weight excluding hydrogens is 324 g/mol. The van der Waals surface area contributed by atoms with Gasteiger partial charge in [-0.05, 0) is 39.8 Å². The predicted octanol–water partition coefficient (Wildman–Crippen LogP) is 2.88. The number of ether oxygens (including phenoxy) is 2. The summed E-state index contributed by atoms with van der Waals surface area (Å²) in [7, 11) is 0. The van der Waals surface area contributed by atoms with Gasteiger partial charge in [0.05, 0.1) is 0 Å². The van der Waals surface area contributed by atoms with E-state index in [9.17, 15) is 14.7 Å². The Labute approximate surface area is 144 Å². The van der Waals surface area contributed by atoms with E-state index in [1.807, 2.05) is 0 Å². The van der Waals surface area contributed by atoms with Gasteiger partial charge in [-0.15, -0.1) is 0 Å². The van der Waals surface area contributed by atoms with Crippen LogP contribution in [0, 0.1) is 0 Å². The van der Waals surface area contributed by atoms with Crippen LogP contribution in [-0.4, -0.2) is 22.8 Å². The van der Waals surface area contributed by atoms with Crippen molar-refractivity contribution < 1.29 is 23.8 Å². The topological polar surface area (TPSA) is 86.0 Å². The second-order valence-corrected chi connectivity index (χ2v) is 6.63. The molecule has 0 bridgehead atoms. The minimum absolute atomic E-state index is 0.369. The molecule has 0 aliphatic carbocycles. The number of carbonyl (C=O) groups is 1.